The van der Waals surface area contributed by atoms with E-state index in [1.165, 1.54) is 12.3 Å². The Kier molecular flexibility index (Phi) is 5.09. The Morgan fingerprint density at radius 2 is 2.04 bits per heavy atom. The number of pyridine rings is 1. The number of hydrogen-bond acceptors (Lipinski definition) is 4. The Balaban J connectivity index is 1.65. The smallest absolute Gasteiger partial charge is 0.251 e. The van der Waals surface area contributed by atoms with E-state index in [9.17, 15) is 14.4 Å². The maximum atomic E-state index is 13.6. The highest BCUT2D eigenvalue weighted by Crippen LogP contribution is 2.24. The van der Waals surface area contributed by atoms with Crippen molar-refractivity contribution in [1.82, 2.24) is 10.3 Å². The Morgan fingerprint density at radius 1 is 1.23 bits per heavy atom. The lowest BCUT2D eigenvalue weighted by Gasteiger charge is -2.12. The maximum Gasteiger partial charge on any atom is 0.251 e. The van der Waals surface area contributed by atoms with Crippen molar-refractivity contribution in [2.45, 2.75) is 6.92 Å². The molecule has 0 bridgehead atoms. The van der Waals surface area contributed by atoms with Crippen molar-refractivity contribution in [3.63, 3.8) is 0 Å². The summed E-state index contributed by atoms with van der Waals surface area (Å²) >= 11 is 0. The van der Waals surface area contributed by atoms with Crippen LogP contribution in [0.2, 0.25) is 0 Å². The Hall–Kier alpha value is -3.46. The van der Waals surface area contributed by atoms with E-state index in [1.807, 2.05) is 24.3 Å². The van der Waals surface area contributed by atoms with Gasteiger partial charge in [0, 0.05) is 30.2 Å². The molecule has 0 saturated carbocycles. The van der Waals surface area contributed by atoms with Gasteiger partial charge in [0.2, 0.25) is 0 Å². The molecule has 0 aliphatic heterocycles. The van der Waals surface area contributed by atoms with E-state index in [4.69, 9.17) is 0 Å². The van der Waals surface area contributed by atoms with Crippen LogP contribution in [0.25, 0.3) is 10.9 Å². The van der Waals surface area contributed by atoms with Gasteiger partial charge in [-0.1, -0.05) is 24.3 Å². The molecule has 5 nitrogen and oxygen atoms in total. The molecule has 26 heavy (non-hydrogen) atoms. The molecule has 0 aliphatic rings. The third-order valence-corrected chi connectivity index (χ3v) is 4.04. The summed E-state index contributed by atoms with van der Waals surface area (Å²) in [5.74, 6) is -0.747. The second kappa shape index (κ2) is 7.62. The van der Waals surface area contributed by atoms with E-state index in [2.05, 4.69) is 21.7 Å². The molecule has 2 aromatic carbocycles. The molecule has 130 valence electrons. The fourth-order valence-electron chi connectivity index (χ4n) is 2.62. The van der Waals surface area contributed by atoms with Gasteiger partial charge in [0.05, 0.1) is 16.8 Å². The standard InChI is InChI=1S/C20H17FN4O/c1-13-6-7-14(10-17(13)21)20(26)24-9-8-23-19-15(11-22)12-25-18-5-3-2-4-16(18)19/h2-7,10,12H,8-9H2,1H3,(H,23,25)(H,24,26). The number of fused-ring (bicyclic) bond motifs is 1. The molecule has 1 amide bonds. The van der Waals surface area contributed by atoms with Crippen LogP contribution in [0.4, 0.5) is 10.1 Å². The molecular weight excluding hydrogens is 331 g/mol. The summed E-state index contributed by atoms with van der Waals surface area (Å²) in [5, 5.41) is 16.0. The van der Waals surface area contributed by atoms with Crippen molar-refractivity contribution in [2.24, 2.45) is 0 Å². The Bertz CT molecular complexity index is 1010. The normalized spacial score (nSPS) is 10.3. The zero-order valence-corrected chi connectivity index (χ0v) is 14.2. The van der Waals surface area contributed by atoms with Crippen molar-refractivity contribution in [2.75, 3.05) is 18.4 Å². The molecule has 0 fully saturated rings. The van der Waals surface area contributed by atoms with Gasteiger partial charge < -0.3 is 10.6 Å². The van der Waals surface area contributed by atoms with Crippen molar-refractivity contribution in [3.8, 4) is 6.07 Å². The average molecular weight is 348 g/mol. The van der Waals surface area contributed by atoms with Gasteiger partial charge in [-0.25, -0.2) is 4.39 Å². The average Bonchev–Trinajstić information content (AvgIpc) is 2.67. The van der Waals surface area contributed by atoms with Gasteiger partial charge in [-0.3, -0.25) is 9.78 Å². The molecule has 1 aromatic heterocycles. The third-order valence-electron chi connectivity index (χ3n) is 4.04. The van der Waals surface area contributed by atoms with Crippen LogP contribution in [0.5, 0.6) is 0 Å². The molecule has 0 unspecified atom stereocenters. The molecule has 3 aromatic rings. The van der Waals surface area contributed by atoms with Gasteiger partial charge in [-0.05, 0) is 30.7 Å². The van der Waals surface area contributed by atoms with Gasteiger partial charge >= 0.3 is 0 Å². The third kappa shape index (κ3) is 3.62. The fraction of sp³-hybridized carbons (Fsp3) is 0.150. The van der Waals surface area contributed by atoms with Crippen molar-refractivity contribution < 1.29 is 9.18 Å². The molecule has 0 aliphatic carbocycles. The van der Waals surface area contributed by atoms with E-state index in [1.54, 1.807) is 19.1 Å². The first-order valence-corrected chi connectivity index (χ1v) is 8.16. The summed E-state index contributed by atoms with van der Waals surface area (Å²) in [7, 11) is 0. The molecular formula is C20H17FN4O. The molecule has 0 radical (unpaired) electrons. The van der Waals surface area contributed by atoms with Crippen LogP contribution in [0.3, 0.4) is 0 Å². The minimum Gasteiger partial charge on any atom is -0.382 e. The van der Waals surface area contributed by atoms with Crippen LogP contribution in [0, 0.1) is 24.1 Å². The minimum absolute atomic E-state index is 0.278. The second-order valence-electron chi connectivity index (χ2n) is 5.82. The predicted octanol–water partition coefficient (Wildman–Crippen LogP) is 3.40. The first kappa shape index (κ1) is 17.4. The number of benzene rings is 2. The number of para-hydroxylation sites is 1. The largest absolute Gasteiger partial charge is 0.382 e. The monoisotopic (exact) mass is 348 g/mol. The second-order valence-corrected chi connectivity index (χ2v) is 5.82. The van der Waals surface area contributed by atoms with Crippen LogP contribution in [0.1, 0.15) is 21.5 Å². The van der Waals surface area contributed by atoms with E-state index in [0.717, 1.165) is 10.9 Å². The lowest BCUT2D eigenvalue weighted by molar-refractivity contribution is 0.0954. The number of nitriles is 1. The highest BCUT2D eigenvalue weighted by atomic mass is 19.1. The quantitative estimate of drug-likeness (QED) is 0.693. The summed E-state index contributed by atoms with van der Waals surface area (Å²) in [4.78, 5) is 16.3. The molecule has 1 heterocycles. The van der Waals surface area contributed by atoms with Gasteiger partial charge in [0.15, 0.2) is 0 Å². The number of rotatable bonds is 5. The first-order valence-electron chi connectivity index (χ1n) is 8.16. The number of carbonyl (C=O) groups excluding carboxylic acids is 1. The van der Waals surface area contributed by atoms with Gasteiger partial charge in [0.25, 0.3) is 5.91 Å². The summed E-state index contributed by atoms with van der Waals surface area (Å²) in [5.41, 5.74) is 2.69. The number of aromatic nitrogens is 1. The number of aryl methyl sites for hydroxylation is 1. The molecule has 0 spiro atoms. The van der Waals surface area contributed by atoms with Crippen molar-refractivity contribution in [3.05, 3.63) is 71.2 Å². The number of nitrogens with one attached hydrogen (secondary N) is 2. The van der Waals surface area contributed by atoms with E-state index in [0.29, 0.717) is 29.9 Å². The van der Waals surface area contributed by atoms with Gasteiger partial charge in [-0.2, -0.15) is 5.26 Å². The lowest BCUT2D eigenvalue weighted by Crippen LogP contribution is -2.29. The zero-order valence-electron chi connectivity index (χ0n) is 14.2. The van der Waals surface area contributed by atoms with Crippen LogP contribution >= 0.6 is 0 Å². The Labute approximate surface area is 150 Å². The summed E-state index contributed by atoms with van der Waals surface area (Å²) in [6.45, 7) is 2.39. The fourth-order valence-corrected chi connectivity index (χ4v) is 2.62. The maximum absolute atomic E-state index is 13.6. The van der Waals surface area contributed by atoms with Crippen LogP contribution in [-0.2, 0) is 0 Å². The topological polar surface area (TPSA) is 77.8 Å². The van der Waals surface area contributed by atoms with E-state index < -0.39 is 5.82 Å². The lowest BCUT2D eigenvalue weighted by atomic mass is 10.1. The zero-order chi connectivity index (χ0) is 18.5. The molecule has 2 N–H and O–H groups in total. The molecule has 0 saturated heterocycles. The molecule has 3 rings (SSSR count). The Morgan fingerprint density at radius 3 is 2.81 bits per heavy atom. The highest BCUT2D eigenvalue weighted by Gasteiger charge is 2.10. The van der Waals surface area contributed by atoms with E-state index >= 15 is 0 Å². The van der Waals surface area contributed by atoms with Gasteiger partial charge in [0.1, 0.15) is 11.9 Å². The number of hydrogen-bond donors (Lipinski definition) is 2. The number of carbonyl (C=O) groups is 1. The van der Waals surface area contributed by atoms with Crippen LogP contribution in [-0.4, -0.2) is 24.0 Å². The van der Waals surface area contributed by atoms with Gasteiger partial charge in [-0.15, -0.1) is 0 Å². The number of amides is 1. The minimum atomic E-state index is -0.405. The predicted molar refractivity (Wildman–Crippen MR) is 98.4 cm³/mol. The summed E-state index contributed by atoms with van der Waals surface area (Å²) in [6.07, 6.45) is 1.53. The summed E-state index contributed by atoms with van der Waals surface area (Å²) in [6, 6.07) is 14.0. The number of anilines is 1. The first-order chi connectivity index (χ1) is 12.6. The van der Waals surface area contributed by atoms with Crippen LogP contribution in [0.15, 0.2) is 48.7 Å². The number of nitrogens with zero attached hydrogens (tertiary/aromatic N) is 2. The van der Waals surface area contributed by atoms with Crippen LogP contribution < -0.4 is 10.6 Å². The van der Waals surface area contributed by atoms with Crippen molar-refractivity contribution in [1.29, 1.82) is 5.26 Å². The molecule has 6 heteroatoms. The van der Waals surface area contributed by atoms with E-state index in [-0.39, 0.29) is 11.5 Å². The van der Waals surface area contributed by atoms with Crippen molar-refractivity contribution >= 4 is 22.5 Å². The SMILES string of the molecule is Cc1ccc(C(=O)NCCNc2c(C#N)cnc3ccccc23)cc1F. The summed E-state index contributed by atoms with van der Waals surface area (Å²) < 4.78 is 13.6. The number of halogens is 1. The molecule has 0 atom stereocenters. The highest BCUT2D eigenvalue weighted by molar-refractivity contribution is 5.95.